The molecule has 0 spiro atoms. The van der Waals surface area contributed by atoms with Crippen LogP contribution in [-0.2, 0) is 0 Å². The van der Waals surface area contributed by atoms with Crippen molar-refractivity contribution in [2.75, 3.05) is 20.1 Å². The Morgan fingerprint density at radius 1 is 1.12 bits per heavy atom. The van der Waals surface area contributed by atoms with E-state index in [9.17, 15) is 0 Å². The Balaban J connectivity index is 1.80. The molecule has 1 heterocycles. The molecular weight excluding hydrogens is 208 g/mol. The first-order chi connectivity index (χ1) is 8.16. The molecule has 2 rings (SSSR count). The summed E-state index contributed by atoms with van der Waals surface area (Å²) in [7, 11) is 2.34. The van der Waals surface area contributed by atoms with E-state index in [0.717, 1.165) is 23.9 Å². The highest BCUT2D eigenvalue weighted by atomic mass is 15.2. The molecule has 1 N–H and O–H groups in total. The van der Waals surface area contributed by atoms with E-state index in [2.05, 4.69) is 31.1 Å². The summed E-state index contributed by atoms with van der Waals surface area (Å²) in [5.41, 5.74) is 0. The van der Waals surface area contributed by atoms with Gasteiger partial charge in [0, 0.05) is 18.6 Å². The number of rotatable bonds is 3. The van der Waals surface area contributed by atoms with Crippen molar-refractivity contribution in [3.8, 4) is 0 Å². The third-order valence-corrected chi connectivity index (χ3v) is 4.95. The Hall–Kier alpha value is -0.0800. The van der Waals surface area contributed by atoms with Gasteiger partial charge < -0.3 is 10.2 Å². The van der Waals surface area contributed by atoms with Crippen molar-refractivity contribution in [2.24, 2.45) is 11.8 Å². The number of likely N-dealkylation sites (N-methyl/N-ethyl adjacent to an activating group) is 1. The van der Waals surface area contributed by atoms with Crippen LogP contribution >= 0.6 is 0 Å². The lowest BCUT2D eigenvalue weighted by molar-refractivity contribution is 0.130. The van der Waals surface area contributed by atoms with E-state index in [0.29, 0.717) is 0 Å². The van der Waals surface area contributed by atoms with Gasteiger partial charge in [0.05, 0.1) is 0 Å². The van der Waals surface area contributed by atoms with Crippen molar-refractivity contribution >= 4 is 0 Å². The largest absolute Gasteiger partial charge is 0.312 e. The highest BCUT2D eigenvalue weighted by Gasteiger charge is 2.27. The van der Waals surface area contributed by atoms with Gasteiger partial charge in [-0.1, -0.05) is 26.7 Å². The summed E-state index contributed by atoms with van der Waals surface area (Å²) < 4.78 is 0. The molecule has 0 radical (unpaired) electrons. The predicted octanol–water partition coefficient (Wildman–Crippen LogP) is 2.89. The van der Waals surface area contributed by atoms with Gasteiger partial charge in [0.1, 0.15) is 0 Å². The van der Waals surface area contributed by atoms with Gasteiger partial charge in [0.25, 0.3) is 0 Å². The van der Waals surface area contributed by atoms with Gasteiger partial charge in [-0.2, -0.15) is 0 Å². The van der Waals surface area contributed by atoms with Crippen LogP contribution < -0.4 is 5.32 Å². The van der Waals surface area contributed by atoms with Crippen molar-refractivity contribution in [3.63, 3.8) is 0 Å². The van der Waals surface area contributed by atoms with Gasteiger partial charge in [-0.3, -0.25) is 0 Å². The fourth-order valence-corrected chi connectivity index (χ4v) is 3.62. The van der Waals surface area contributed by atoms with Crippen LogP contribution in [0.15, 0.2) is 0 Å². The van der Waals surface area contributed by atoms with Crippen molar-refractivity contribution in [1.82, 2.24) is 10.2 Å². The summed E-state index contributed by atoms with van der Waals surface area (Å²) in [4.78, 5) is 2.63. The van der Waals surface area contributed by atoms with E-state index in [-0.39, 0.29) is 0 Å². The first kappa shape index (κ1) is 13.4. The Kier molecular flexibility index (Phi) is 4.87. The van der Waals surface area contributed by atoms with Crippen LogP contribution in [0.1, 0.15) is 52.4 Å². The molecule has 2 aliphatic rings. The fourth-order valence-electron chi connectivity index (χ4n) is 3.62. The molecule has 4 unspecified atom stereocenters. The topological polar surface area (TPSA) is 15.3 Å². The summed E-state index contributed by atoms with van der Waals surface area (Å²) in [6.07, 6.45) is 8.49. The highest BCUT2D eigenvalue weighted by Crippen LogP contribution is 2.27. The molecular formula is C15H30N2. The molecule has 0 bridgehead atoms. The molecule has 0 aromatic rings. The maximum atomic E-state index is 3.71. The molecule has 1 saturated carbocycles. The minimum absolute atomic E-state index is 0.728. The van der Waals surface area contributed by atoms with Gasteiger partial charge in [0.2, 0.25) is 0 Å². The number of piperidine rings is 1. The predicted molar refractivity (Wildman–Crippen MR) is 74.2 cm³/mol. The van der Waals surface area contributed by atoms with Crippen molar-refractivity contribution in [3.05, 3.63) is 0 Å². The third kappa shape index (κ3) is 3.69. The maximum Gasteiger partial charge on any atom is 0.0220 e. The average Bonchev–Trinajstić information content (AvgIpc) is 2.32. The number of nitrogens with one attached hydrogen (secondary N) is 1. The molecule has 1 aliphatic heterocycles. The zero-order valence-corrected chi connectivity index (χ0v) is 11.9. The summed E-state index contributed by atoms with van der Waals surface area (Å²) >= 11 is 0. The zero-order valence-electron chi connectivity index (χ0n) is 11.9. The molecule has 1 aliphatic carbocycles. The summed E-state index contributed by atoms with van der Waals surface area (Å²) in [5, 5.41) is 3.71. The zero-order chi connectivity index (χ0) is 12.3. The quantitative estimate of drug-likeness (QED) is 0.813. The van der Waals surface area contributed by atoms with Gasteiger partial charge in [-0.15, -0.1) is 0 Å². The van der Waals surface area contributed by atoms with Gasteiger partial charge >= 0.3 is 0 Å². The monoisotopic (exact) mass is 238 g/mol. The second kappa shape index (κ2) is 6.19. The average molecular weight is 238 g/mol. The van der Waals surface area contributed by atoms with Gasteiger partial charge in [-0.05, 0) is 51.1 Å². The standard InChI is InChI=1S/C15H30N2/c1-12-6-4-8-14(10-12)17(3)11-15-13(2)7-5-9-16-15/h12-16H,4-11H2,1-3H3. The van der Waals surface area contributed by atoms with Gasteiger partial charge in [-0.25, -0.2) is 0 Å². The molecule has 2 nitrogen and oxygen atoms in total. The summed E-state index contributed by atoms with van der Waals surface area (Å²) in [5.74, 6) is 1.79. The van der Waals surface area contributed by atoms with Crippen LogP contribution in [0, 0.1) is 11.8 Å². The molecule has 100 valence electrons. The summed E-state index contributed by atoms with van der Waals surface area (Å²) in [6.45, 7) is 7.30. The first-order valence-electron chi connectivity index (χ1n) is 7.60. The first-order valence-corrected chi connectivity index (χ1v) is 7.60. The summed E-state index contributed by atoms with van der Waals surface area (Å²) in [6, 6.07) is 1.57. The molecule has 2 heteroatoms. The Morgan fingerprint density at radius 3 is 2.65 bits per heavy atom. The minimum atomic E-state index is 0.728. The van der Waals surface area contributed by atoms with Crippen LogP contribution in [0.4, 0.5) is 0 Å². The van der Waals surface area contributed by atoms with E-state index in [1.54, 1.807) is 0 Å². The normalized spacial score (nSPS) is 39.5. The molecule has 17 heavy (non-hydrogen) atoms. The van der Waals surface area contributed by atoms with Crippen LogP contribution in [0.2, 0.25) is 0 Å². The second-order valence-corrected chi connectivity index (χ2v) is 6.55. The molecule has 0 amide bonds. The fraction of sp³-hybridized carbons (Fsp3) is 1.00. The molecule has 4 atom stereocenters. The van der Waals surface area contributed by atoms with Crippen LogP contribution in [0.25, 0.3) is 0 Å². The van der Waals surface area contributed by atoms with E-state index in [4.69, 9.17) is 0 Å². The SMILES string of the molecule is CC1CCCC(N(C)CC2NCCCC2C)C1. The van der Waals surface area contributed by atoms with Crippen LogP contribution in [0.5, 0.6) is 0 Å². The lowest BCUT2D eigenvalue weighted by atomic mass is 9.85. The number of hydrogen-bond donors (Lipinski definition) is 1. The lowest BCUT2D eigenvalue weighted by Gasteiger charge is -2.39. The molecule has 2 fully saturated rings. The van der Waals surface area contributed by atoms with E-state index in [1.807, 2.05) is 0 Å². The Morgan fingerprint density at radius 2 is 1.94 bits per heavy atom. The van der Waals surface area contributed by atoms with Crippen LogP contribution in [0.3, 0.4) is 0 Å². The van der Waals surface area contributed by atoms with E-state index < -0.39 is 0 Å². The van der Waals surface area contributed by atoms with Crippen molar-refractivity contribution < 1.29 is 0 Å². The Labute approximate surface area is 107 Å². The molecule has 0 aromatic heterocycles. The Bertz CT molecular complexity index is 229. The second-order valence-electron chi connectivity index (χ2n) is 6.55. The maximum absolute atomic E-state index is 3.71. The number of nitrogens with zero attached hydrogens (tertiary/aromatic N) is 1. The van der Waals surface area contributed by atoms with Crippen molar-refractivity contribution in [1.29, 1.82) is 0 Å². The van der Waals surface area contributed by atoms with Crippen LogP contribution in [-0.4, -0.2) is 37.1 Å². The van der Waals surface area contributed by atoms with E-state index >= 15 is 0 Å². The highest BCUT2D eigenvalue weighted by molar-refractivity contribution is 4.84. The molecule has 1 saturated heterocycles. The third-order valence-electron chi connectivity index (χ3n) is 4.95. The number of hydrogen-bond acceptors (Lipinski definition) is 2. The lowest BCUT2D eigenvalue weighted by Crippen LogP contribution is -2.49. The van der Waals surface area contributed by atoms with Crippen molar-refractivity contribution in [2.45, 2.75) is 64.5 Å². The van der Waals surface area contributed by atoms with Gasteiger partial charge in [0.15, 0.2) is 0 Å². The molecule has 0 aromatic carbocycles. The smallest absolute Gasteiger partial charge is 0.0220 e. The van der Waals surface area contributed by atoms with E-state index in [1.165, 1.54) is 51.6 Å². The minimum Gasteiger partial charge on any atom is -0.312 e.